The van der Waals surface area contributed by atoms with Gasteiger partial charge < -0.3 is 5.73 Å². The minimum absolute atomic E-state index is 0.519. The SMILES string of the molecule is Cc1cccc(-c2cccnc2N)n1. The smallest absolute Gasteiger partial charge is 0.132 e. The first kappa shape index (κ1) is 8.69. The molecule has 0 amide bonds. The second kappa shape index (κ2) is 3.46. The largest absolute Gasteiger partial charge is 0.383 e. The molecule has 0 saturated carbocycles. The zero-order chi connectivity index (χ0) is 9.97. The van der Waals surface area contributed by atoms with Crippen LogP contribution in [0.1, 0.15) is 5.69 Å². The number of hydrogen-bond acceptors (Lipinski definition) is 3. The van der Waals surface area contributed by atoms with E-state index < -0.39 is 0 Å². The Morgan fingerprint density at radius 1 is 1.14 bits per heavy atom. The van der Waals surface area contributed by atoms with Crippen LogP contribution in [0, 0.1) is 6.92 Å². The summed E-state index contributed by atoms with van der Waals surface area (Å²) in [4.78, 5) is 8.41. The van der Waals surface area contributed by atoms with E-state index in [1.54, 1.807) is 6.20 Å². The van der Waals surface area contributed by atoms with Crippen LogP contribution in [0.3, 0.4) is 0 Å². The molecule has 0 atom stereocenters. The van der Waals surface area contributed by atoms with Crippen molar-refractivity contribution in [3.63, 3.8) is 0 Å². The molecule has 14 heavy (non-hydrogen) atoms. The maximum absolute atomic E-state index is 5.75. The number of rotatable bonds is 1. The Labute approximate surface area is 82.6 Å². The molecule has 0 aliphatic heterocycles. The van der Waals surface area contributed by atoms with Crippen LogP contribution in [-0.4, -0.2) is 9.97 Å². The molecule has 0 bridgehead atoms. The van der Waals surface area contributed by atoms with Gasteiger partial charge in [-0.05, 0) is 31.2 Å². The molecular formula is C11H11N3. The molecule has 2 heterocycles. The van der Waals surface area contributed by atoms with Crippen LogP contribution in [0.2, 0.25) is 0 Å². The van der Waals surface area contributed by atoms with Crippen LogP contribution in [0.15, 0.2) is 36.5 Å². The van der Waals surface area contributed by atoms with Crippen LogP contribution in [0.25, 0.3) is 11.3 Å². The van der Waals surface area contributed by atoms with Crippen molar-refractivity contribution in [1.82, 2.24) is 9.97 Å². The molecule has 2 aromatic heterocycles. The van der Waals surface area contributed by atoms with E-state index in [0.717, 1.165) is 17.0 Å². The molecule has 70 valence electrons. The first-order valence-electron chi connectivity index (χ1n) is 4.42. The minimum atomic E-state index is 0.519. The summed E-state index contributed by atoms with van der Waals surface area (Å²) in [5.41, 5.74) is 8.49. The predicted octanol–water partition coefficient (Wildman–Crippen LogP) is 2.03. The highest BCUT2D eigenvalue weighted by atomic mass is 14.8. The Bertz CT molecular complexity index is 452. The Balaban J connectivity index is 2.55. The van der Waals surface area contributed by atoms with Gasteiger partial charge in [-0.25, -0.2) is 4.98 Å². The number of aromatic nitrogens is 2. The third kappa shape index (κ3) is 1.57. The summed E-state index contributed by atoms with van der Waals surface area (Å²) in [6.45, 7) is 1.95. The van der Waals surface area contributed by atoms with Crippen LogP contribution >= 0.6 is 0 Å². The van der Waals surface area contributed by atoms with Crippen LogP contribution in [-0.2, 0) is 0 Å². The Kier molecular flexibility index (Phi) is 2.14. The fourth-order valence-corrected chi connectivity index (χ4v) is 1.33. The molecule has 2 N–H and O–H groups in total. The van der Waals surface area contributed by atoms with Crippen LogP contribution in [0.5, 0.6) is 0 Å². The zero-order valence-corrected chi connectivity index (χ0v) is 7.94. The van der Waals surface area contributed by atoms with Crippen LogP contribution < -0.4 is 5.73 Å². The summed E-state index contributed by atoms with van der Waals surface area (Å²) in [6, 6.07) is 9.63. The topological polar surface area (TPSA) is 51.8 Å². The molecule has 0 radical (unpaired) electrons. The number of pyridine rings is 2. The lowest BCUT2D eigenvalue weighted by Gasteiger charge is -2.03. The third-order valence-corrected chi connectivity index (χ3v) is 2.00. The minimum Gasteiger partial charge on any atom is -0.383 e. The monoisotopic (exact) mass is 185 g/mol. The molecule has 3 nitrogen and oxygen atoms in total. The van der Waals surface area contributed by atoms with Crippen molar-refractivity contribution in [3.05, 3.63) is 42.2 Å². The van der Waals surface area contributed by atoms with Gasteiger partial charge in [-0.3, -0.25) is 4.98 Å². The van der Waals surface area contributed by atoms with Gasteiger partial charge in [-0.15, -0.1) is 0 Å². The normalized spacial score (nSPS) is 10.1. The lowest BCUT2D eigenvalue weighted by atomic mass is 10.1. The number of anilines is 1. The first-order valence-corrected chi connectivity index (χ1v) is 4.42. The molecule has 2 aromatic rings. The van der Waals surface area contributed by atoms with Gasteiger partial charge >= 0.3 is 0 Å². The van der Waals surface area contributed by atoms with E-state index >= 15 is 0 Å². The lowest BCUT2D eigenvalue weighted by Crippen LogP contribution is -1.95. The van der Waals surface area contributed by atoms with Crippen molar-refractivity contribution in [2.75, 3.05) is 5.73 Å². The Morgan fingerprint density at radius 2 is 2.00 bits per heavy atom. The number of nitrogen functional groups attached to an aromatic ring is 1. The predicted molar refractivity (Wildman–Crippen MR) is 56.6 cm³/mol. The Morgan fingerprint density at radius 3 is 2.71 bits per heavy atom. The highest BCUT2D eigenvalue weighted by Crippen LogP contribution is 2.21. The summed E-state index contributed by atoms with van der Waals surface area (Å²) < 4.78 is 0. The molecule has 0 spiro atoms. The summed E-state index contributed by atoms with van der Waals surface area (Å²) in [6.07, 6.45) is 1.68. The van der Waals surface area contributed by atoms with Gasteiger partial charge in [0.1, 0.15) is 5.82 Å². The quantitative estimate of drug-likeness (QED) is 0.739. The summed E-state index contributed by atoms with van der Waals surface area (Å²) >= 11 is 0. The highest BCUT2D eigenvalue weighted by molar-refractivity contribution is 5.70. The van der Waals surface area contributed by atoms with Crippen molar-refractivity contribution in [3.8, 4) is 11.3 Å². The van der Waals surface area contributed by atoms with Gasteiger partial charge in [0, 0.05) is 17.5 Å². The highest BCUT2D eigenvalue weighted by Gasteiger charge is 2.03. The molecular weight excluding hydrogens is 174 g/mol. The van der Waals surface area contributed by atoms with Crippen molar-refractivity contribution < 1.29 is 0 Å². The van der Waals surface area contributed by atoms with Gasteiger partial charge in [0.25, 0.3) is 0 Å². The van der Waals surface area contributed by atoms with Crippen molar-refractivity contribution in [1.29, 1.82) is 0 Å². The second-order valence-corrected chi connectivity index (χ2v) is 3.10. The van der Waals surface area contributed by atoms with Gasteiger partial charge in [-0.1, -0.05) is 6.07 Å². The van der Waals surface area contributed by atoms with Crippen molar-refractivity contribution >= 4 is 5.82 Å². The van der Waals surface area contributed by atoms with E-state index in [4.69, 9.17) is 5.73 Å². The van der Waals surface area contributed by atoms with Gasteiger partial charge in [0.15, 0.2) is 0 Å². The first-order chi connectivity index (χ1) is 6.77. The third-order valence-electron chi connectivity index (χ3n) is 2.00. The molecule has 3 heteroatoms. The molecule has 0 aliphatic rings. The van der Waals surface area contributed by atoms with Gasteiger partial charge in [-0.2, -0.15) is 0 Å². The van der Waals surface area contributed by atoms with Crippen molar-refractivity contribution in [2.45, 2.75) is 6.92 Å². The summed E-state index contributed by atoms with van der Waals surface area (Å²) in [7, 11) is 0. The maximum Gasteiger partial charge on any atom is 0.132 e. The number of hydrogen-bond donors (Lipinski definition) is 1. The van der Waals surface area contributed by atoms with Crippen molar-refractivity contribution in [2.24, 2.45) is 0 Å². The fourth-order valence-electron chi connectivity index (χ4n) is 1.33. The molecule has 0 fully saturated rings. The zero-order valence-electron chi connectivity index (χ0n) is 7.94. The average Bonchev–Trinajstić information content (AvgIpc) is 2.18. The van der Waals surface area contributed by atoms with E-state index in [2.05, 4.69) is 9.97 Å². The molecule has 2 rings (SSSR count). The van der Waals surface area contributed by atoms with E-state index in [1.807, 2.05) is 37.3 Å². The van der Waals surface area contributed by atoms with Gasteiger partial charge in [0.2, 0.25) is 0 Å². The summed E-state index contributed by atoms with van der Waals surface area (Å²) in [5.74, 6) is 0.519. The van der Waals surface area contributed by atoms with E-state index in [1.165, 1.54) is 0 Å². The average molecular weight is 185 g/mol. The van der Waals surface area contributed by atoms with Gasteiger partial charge in [0.05, 0.1) is 5.69 Å². The number of nitrogens with zero attached hydrogens (tertiary/aromatic N) is 2. The number of aryl methyl sites for hydroxylation is 1. The lowest BCUT2D eigenvalue weighted by molar-refractivity contribution is 1.20. The van der Waals surface area contributed by atoms with E-state index in [0.29, 0.717) is 5.82 Å². The maximum atomic E-state index is 5.75. The second-order valence-electron chi connectivity index (χ2n) is 3.10. The fraction of sp³-hybridized carbons (Fsp3) is 0.0909. The van der Waals surface area contributed by atoms with E-state index in [-0.39, 0.29) is 0 Å². The standard InChI is InChI=1S/C11H11N3/c1-8-4-2-6-10(14-8)9-5-3-7-13-11(9)12/h2-7H,1H3,(H2,12,13). The molecule has 0 unspecified atom stereocenters. The molecule has 0 saturated heterocycles. The number of nitrogens with two attached hydrogens (primary N) is 1. The molecule has 0 aromatic carbocycles. The Hall–Kier alpha value is -1.90. The molecule has 0 aliphatic carbocycles. The van der Waals surface area contributed by atoms with Crippen LogP contribution in [0.4, 0.5) is 5.82 Å². The van der Waals surface area contributed by atoms with E-state index in [9.17, 15) is 0 Å². The summed E-state index contributed by atoms with van der Waals surface area (Å²) in [5, 5.41) is 0.